The van der Waals surface area contributed by atoms with E-state index in [1.807, 2.05) is 7.05 Å². The van der Waals surface area contributed by atoms with Crippen LogP contribution in [0.1, 0.15) is 32.1 Å². The van der Waals surface area contributed by atoms with Crippen LogP contribution in [-0.2, 0) is 4.79 Å². The minimum atomic E-state index is -0.695. The Morgan fingerprint density at radius 3 is 2.58 bits per heavy atom. The van der Waals surface area contributed by atoms with Gasteiger partial charge >= 0.3 is 5.97 Å². The van der Waals surface area contributed by atoms with Gasteiger partial charge in [0.05, 0.1) is 6.42 Å². The lowest BCUT2D eigenvalue weighted by Gasteiger charge is -2.22. The Bertz CT molecular complexity index is 153. The molecular weight excluding hydrogens is 154 g/mol. The summed E-state index contributed by atoms with van der Waals surface area (Å²) in [5.41, 5.74) is 0. The molecule has 1 aliphatic rings. The van der Waals surface area contributed by atoms with Crippen molar-refractivity contribution in [2.45, 2.75) is 38.1 Å². The molecule has 12 heavy (non-hydrogen) atoms. The van der Waals surface area contributed by atoms with Crippen LogP contribution in [0.3, 0.4) is 0 Å². The van der Waals surface area contributed by atoms with Crippen molar-refractivity contribution in [2.75, 3.05) is 13.6 Å². The third kappa shape index (κ3) is 2.81. The molecular formula is C9H17NO2. The fourth-order valence-corrected chi connectivity index (χ4v) is 1.80. The minimum Gasteiger partial charge on any atom is -0.481 e. The van der Waals surface area contributed by atoms with E-state index in [0.717, 1.165) is 0 Å². The van der Waals surface area contributed by atoms with Gasteiger partial charge in [-0.2, -0.15) is 0 Å². The molecule has 3 nitrogen and oxygen atoms in total. The van der Waals surface area contributed by atoms with Crippen LogP contribution in [0.2, 0.25) is 0 Å². The zero-order valence-corrected chi connectivity index (χ0v) is 7.62. The zero-order valence-electron chi connectivity index (χ0n) is 7.62. The van der Waals surface area contributed by atoms with Gasteiger partial charge in [0, 0.05) is 12.6 Å². The second-order valence-corrected chi connectivity index (χ2v) is 3.56. The largest absolute Gasteiger partial charge is 0.481 e. The van der Waals surface area contributed by atoms with Gasteiger partial charge in [0.1, 0.15) is 0 Å². The molecule has 0 spiro atoms. The molecule has 0 atom stereocenters. The second-order valence-electron chi connectivity index (χ2n) is 3.56. The van der Waals surface area contributed by atoms with Crippen LogP contribution < -0.4 is 0 Å². The summed E-state index contributed by atoms with van der Waals surface area (Å²) in [5.74, 6) is -0.695. The molecule has 1 aliphatic carbocycles. The highest BCUT2D eigenvalue weighted by Gasteiger charge is 2.19. The van der Waals surface area contributed by atoms with Crippen molar-refractivity contribution in [1.29, 1.82) is 0 Å². The van der Waals surface area contributed by atoms with Crippen molar-refractivity contribution in [3.8, 4) is 0 Å². The molecule has 0 bridgehead atoms. The van der Waals surface area contributed by atoms with Crippen LogP contribution in [0.25, 0.3) is 0 Å². The Morgan fingerprint density at radius 2 is 2.08 bits per heavy atom. The number of hydrogen-bond acceptors (Lipinski definition) is 2. The highest BCUT2D eigenvalue weighted by molar-refractivity contribution is 5.66. The molecule has 1 fully saturated rings. The predicted octanol–water partition coefficient (Wildman–Crippen LogP) is 1.34. The third-order valence-electron chi connectivity index (χ3n) is 2.63. The summed E-state index contributed by atoms with van der Waals surface area (Å²) in [6, 6.07) is 0.643. The number of hydrogen-bond donors (Lipinski definition) is 1. The second kappa shape index (κ2) is 4.45. The van der Waals surface area contributed by atoms with Gasteiger partial charge in [-0.3, -0.25) is 4.79 Å². The van der Waals surface area contributed by atoms with Gasteiger partial charge in [0.25, 0.3) is 0 Å². The maximum absolute atomic E-state index is 10.3. The molecule has 1 rings (SSSR count). The van der Waals surface area contributed by atoms with E-state index in [1.54, 1.807) is 0 Å². The van der Waals surface area contributed by atoms with Crippen molar-refractivity contribution < 1.29 is 9.90 Å². The summed E-state index contributed by atoms with van der Waals surface area (Å²) >= 11 is 0. The van der Waals surface area contributed by atoms with E-state index in [2.05, 4.69) is 4.90 Å². The number of carbonyl (C=O) groups is 1. The Balaban J connectivity index is 2.17. The zero-order chi connectivity index (χ0) is 8.97. The quantitative estimate of drug-likeness (QED) is 0.693. The SMILES string of the molecule is CN(CCC(=O)O)C1CCCC1. The van der Waals surface area contributed by atoms with E-state index in [1.165, 1.54) is 25.7 Å². The highest BCUT2D eigenvalue weighted by Crippen LogP contribution is 2.22. The van der Waals surface area contributed by atoms with E-state index >= 15 is 0 Å². The fraction of sp³-hybridized carbons (Fsp3) is 0.889. The molecule has 0 heterocycles. The maximum atomic E-state index is 10.3. The first-order chi connectivity index (χ1) is 5.70. The molecule has 0 aliphatic heterocycles. The van der Waals surface area contributed by atoms with Crippen LogP contribution in [0.5, 0.6) is 0 Å². The van der Waals surface area contributed by atoms with Crippen LogP contribution >= 0.6 is 0 Å². The summed E-state index contributed by atoms with van der Waals surface area (Å²) in [5, 5.41) is 8.48. The van der Waals surface area contributed by atoms with Crippen molar-refractivity contribution in [3.05, 3.63) is 0 Å². The molecule has 0 amide bonds. The Labute approximate surface area is 73.4 Å². The molecule has 1 N–H and O–H groups in total. The first-order valence-electron chi connectivity index (χ1n) is 4.62. The predicted molar refractivity (Wildman–Crippen MR) is 47.1 cm³/mol. The molecule has 0 radical (unpaired) electrons. The number of nitrogens with zero attached hydrogens (tertiary/aromatic N) is 1. The average molecular weight is 171 g/mol. The first-order valence-corrected chi connectivity index (χ1v) is 4.62. The lowest BCUT2D eigenvalue weighted by Crippen LogP contribution is -2.31. The van der Waals surface area contributed by atoms with Gasteiger partial charge in [0.2, 0.25) is 0 Å². The summed E-state index contributed by atoms with van der Waals surface area (Å²) < 4.78 is 0. The lowest BCUT2D eigenvalue weighted by molar-refractivity contribution is -0.137. The van der Waals surface area contributed by atoms with Crippen LogP contribution in [0.15, 0.2) is 0 Å². The lowest BCUT2D eigenvalue weighted by atomic mass is 10.2. The van der Waals surface area contributed by atoms with Crippen LogP contribution in [0.4, 0.5) is 0 Å². The third-order valence-corrected chi connectivity index (χ3v) is 2.63. The molecule has 0 aromatic carbocycles. The van der Waals surface area contributed by atoms with E-state index < -0.39 is 5.97 Å². The monoisotopic (exact) mass is 171 g/mol. The maximum Gasteiger partial charge on any atom is 0.304 e. The molecule has 3 heteroatoms. The van der Waals surface area contributed by atoms with Gasteiger partial charge in [-0.25, -0.2) is 0 Å². The molecule has 0 unspecified atom stereocenters. The van der Waals surface area contributed by atoms with Gasteiger partial charge in [0.15, 0.2) is 0 Å². The Hall–Kier alpha value is -0.570. The van der Waals surface area contributed by atoms with E-state index in [0.29, 0.717) is 12.6 Å². The fourth-order valence-electron chi connectivity index (χ4n) is 1.80. The van der Waals surface area contributed by atoms with Crippen molar-refractivity contribution >= 4 is 5.97 Å². The van der Waals surface area contributed by atoms with Gasteiger partial charge < -0.3 is 10.0 Å². The van der Waals surface area contributed by atoms with E-state index in [-0.39, 0.29) is 6.42 Å². The standard InChI is InChI=1S/C9H17NO2/c1-10(7-6-9(11)12)8-4-2-3-5-8/h8H,2-7H2,1H3,(H,11,12). The van der Waals surface area contributed by atoms with Crippen molar-refractivity contribution in [3.63, 3.8) is 0 Å². The minimum absolute atomic E-state index is 0.271. The number of aliphatic carboxylic acids is 1. The topological polar surface area (TPSA) is 40.5 Å². The number of rotatable bonds is 4. The molecule has 0 saturated heterocycles. The van der Waals surface area contributed by atoms with Gasteiger partial charge in [-0.15, -0.1) is 0 Å². The summed E-state index contributed by atoms with van der Waals surface area (Å²) in [7, 11) is 2.03. The summed E-state index contributed by atoms with van der Waals surface area (Å²) in [4.78, 5) is 12.5. The molecule has 70 valence electrons. The van der Waals surface area contributed by atoms with Gasteiger partial charge in [-0.1, -0.05) is 12.8 Å². The normalized spacial score (nSPS) is 18.8. The Kier molecular flexibility index (Phi) is 3.53. The Morgan fingerprint density at radius 1 is 1.50 bits per heavy atom. The summed E-state index contributed by atoms with van der Waals surface area (Å²) in [6.07, 6.45) is 5.38. The first kappa shape index (κ1) is 9.52. The highest BCUT2D eigenvalue weighted by atomic mass is 16.4. The molecule has 0 aromatic rings. The number of carboxylic acids is 1. The molecule has 1 saturated carbocycles. The van der Waals surface area contributed by atoms with E-state index in [4.69, 9.17) is 5.11 Å². The van der Waals surface area contributed by atoms with Crippen molar-refractivity contribution in [1.82, 2.24) is 4.90 Å². The molecule has 0 aromatic heterocycles. The van der Waals surface area contributed by atoms with Crippen LogP contribution in [-0.4, -0.2) is 35.6 Å². The van der Waals surface area contributed by atoms with E-state index in [9.17, 15) is 4.79 Å². The summed E-state index contributed by atoms with van der Waals surface area (Å²) in [6.45, 7) is 0.694. The average Bonchev–Trinajstić information content (AvgIpc) is 2.51. The smallest absolute Gasteiger partial charge is 0.304 e. The van der Waals surface area contributed by atoms with Crippen molar-refractivity contribution in [2.24, 2.45) is 0 Å². The van der Waals surface area contributed by atoms with Crippen LogP contribution in [0, 0.1) is 0 Å². The number of carboxylic acid groups (broad SMARTS) is 1. The van der Waals surface area contributed by atoms with Gasteiger partial charge in [-0.05, 0) is 19.9 Å².